The van der Waals surface area contributed by atoms with Gasteiger partial charge in [-0.25, -0.2) is 0 Å². The number of hydrogen-bond donors (Lipinski definition) is 1. The Morgan fingerprint density at radius 1 is 1.07 bits per heavy atom. The highest BCUT2D eigenvalue weighted by molar-refractivity contribution is 5.85. The maximum atomic E-state index is 4.09. The summed E-state index contributed by atoms with van der Waals surface area (Å²) >= 11 is 0. The second-order valence-electron chi connectivity index (χ2n) is 3.13. The number of rotatable bonds is 0. The topological polar surface area (TPSA) is 28.7 Å². The third-order valence-corrected chi connectivity index (χ3v) is 2.27. The number of nitrogens with one attached hydrogen (secondary N) is 1. The van der Waals surface area contributed by atoms with Gasteiger partial charge in [0.25, 0.3) is 0 Å². The fourth-order valence-electron chi connectivity index (χ4n) is 1.60. The minimum absolute atomic E-state index is 0. The highest BCUT2D eigenvalue weighted by atomic mass is 35.5. The molecule has 70 valence electrons. The van der Waals surface area contributed by atoms with Gasteiger partial charge in [0, 0.05) is 17.3 Å². The zero-order chi connectivity index (χ0) is 8.67. The van der Waals surface area contributed by atoms with Gasteiger partial charge in [-0.05, 0) is 17.5 Å². The Labute approximate surface area is 87.7 Å². The Kier molecular flexibility index (Phi) is 2.14. The SMILES string of the molecule is Cl.c1ccc2[nH]c3cncc-3cc2c1. The molecule has 14 heavy (non-hydrogen) atoms. The van der Waals surface area contributed by atoms with E-state index in [2.05, 4.69) is 28.2 Å². The van der Waals surface area contributed by atoms with Gasteiger partial charge in [0.1, 0.15) is 0 Å². The summed E-state index contributed by atoms with van der Waals surface area (Å²) in [4.78, 5) is 7.42. The number of aromatic amines is 1. The summed E-state index contributed by atoms with van der Waals surface area (Å²) in [6.07, 6.45) is 3.72. The molecule has 0 aliphatic carbocycles. The van der Waals surface area contributed by atoms with Crippen molar-refractivity contribution < 1.29 is 0 Å². The van der Waals surface area contributed by atoms with Crippen LogP contribution in [0, 0.1) is 0 Å². The van der Waals surface area contributed by atoms with Crippen molar-refractivity contribution in [2.75, 3.05) is 0 Å². The van der Waals surface area contributed by atoms with Gasteiger partial charge in [-0.15, -0.1) is 12.4 Å². The van der Waals surface area contributed by atoms with E-state index >= 15 is 0 Å². The average Bonchev–Trinajstić information content (AvgIpc) is 2.61. The van der Waals surface area contributed by atoms with Gasteiger partial charge in [-0.1, -0.05) is 18.2 Å². The molecule has 0 fully saturated rings. The Morgan fingerprint density at radius 2 is 1.93 bits per heavy atom. The minimum Gasteiger partial charge on any atom is -0.353 e. The van der Waals surface area contributed by atoms with Crippen molar-refractivity contribution in [3.05, 3.63) is 42.7 Å². The Morgan fingerprint density at radius 3 is 2.86 bits per heavy atom. The number of benzene rings is 1. The standard InChI is InChI=1S/C11H8N2.ClH/c1-2-4-10-8(3-1)5-9-6-12-7-11(9)13-10;/h1-7,13H;1H. The van der Waals surface area contributed by atoms with E-state index in [9.17, 15) is 0 Å². The quantitative estimate of drug-likeness (QED) is 0.599. The van der Waals surface area contributed by atoms with E-state index in [1.807, 2.05) is 24.5 Å². The van der Waals surface area contributed by atoms with Crippen molar-refractivity contribution in [1.82, 2.24) is 9.97 Å². The van der Waals surface area contributed by atoms with Crippen molar-refractivity contribution in [3.8, 4) is 11.3 Å². The maximum absolute atomic E-state index is 4.09. The first kappa shape index (κ1) is 9.03. The normalized spacial score (nSPS) is 10.3. The van der Waals surface area contributed by atoms with Crippen LogP contribution in [0.4, 0.5) is 0 Å². The second-order valence-corrected chi connectivity index (χ2v) is 3.13. The minimum atomic E-state index is 0. The number of fused-ring (bicyclic) bond motifs is 2. The van der Waals surface area contributed by atoms with Gasteiger partial charge in [-0.3, -0.25) is 4.98 Å². The lowest BCUT2D eigenvalue weighted by Gasteiger charge is -2.02. The van der Waals surface area contributed by atoms with Crippen LogP contribution in [-0.4, -0.2) is 9.97 Å². The molecule has 0 atom stereocenters. The zero-order valence-corrected chi connectivity index (χ0v) is 8.21. The zero-order valence-electron chi connectivity index (χ0n) is 7.40. The van der Waals surface area contributed by atoms with Gasteiger partial charge in [0.15, 0.2) is 0 Å². The van der Waals surface area contributed by atoms with Crippen molar-refractivity contribution in [3.63, 3.8) is 0 Å². The largest absolute Gasteiger partial charge is 0.353 e. The molecule has 2 nitrogen and oxygen atoms in total. The summed E-state index contributed by atoms with van der Waals surface area (Å²) in [7, 11) is 0. The number of nitrogens with zero attached hydrogens (tertiary/aromatic N) is 1. The maximum Gasteiger partial charge on any atom is 0.0659 e. The average molecular weight is 205 g/mol. The van der Waals surface area contributed by atoms with Crippen LogP contribution in [0.25, 0.3) is 22.2 Å². The van der Waals surface area contributed by atoms with Gasteiger partial charge in [0.2, 0.25) is 0 Å². The number of aromatic nitrogens is 2. The van der Waals surface area contributed by atoms with Crippen molar-refractivity contribution in [2.24, 2.45) is 0 Å². The Bertz CT molecular complexity index is 483. The molecule has 0 aromatic heterocycles. The van der Waals surface area contributed by atoms with Crippen LogP contribution in [0.2, 0.25) is 0 Å². The van der Waals surface area contributed by atoms with Crippen molar-refractivity contribution in [1.29, 1.82) is 0 Å². The monoisotopic (exact) mass is 204 g/mol. The molecule has 1 aromatic carbocycles. The van der Waals surface area contributed by atoms with Crippen molar-refractivity contribution >= 4 is 23.3 Å². The van der Waals surface area contributed by atoms with Gasteiger partial charge in [0.05, 0.1) is 11.9 Å². The highest BCUT2D eigenvalue weighted by Gasteiger charge is 2.03. The van der Waals surface area contributed by atoms with Gasteiger partial charge < -0.3 is 4.98 Å². The fraction of sp³-hybridized carbons (Fsp3) is 0. The molecule has 2 heterocycles. The third kappa shape index (κ3) is 1.24. The van der Waals surface area contributed by atoms with E-state index in [1.54, 1.807) is 0 Å². The van der Waals surface area contributed by atoms with Crippen LogP contribution >= 0.6 is 12.4 Å². The molecule has 0 saturated carbocycles. The summed E-state index contributed by atoms with van der Waals surface area (Å²) < 4.78 is 0. The van der Waals surface area contributed by atoms with Crippen LogP contribution < -0.4 is 0 Å². The molecule has 0 spiro atoms. The molecule has 1 aromatic rings. The highest BCUT2D eigenvalue weighted by Crippen LogP contribution is 2.23. The first-order chi connectivity index (χ1) is 6.43. The number of pyridine rings is 1. The molecular formula is C11H9ClN2. The van der Waals surface area contributed by atoms with Crippen LogP contribution in [0.15, 0.2) is 42.7 Å². The summed E-state index contributed by atoms with van der Waals surface area (Å²) in [6, 6.07) is 10.4. The predicted molar refractivity (Wildman–Crippen MR) is 60.0 cm³/mol. The molecule has 1 N–H and O–H groups in total. The van der Waals surface area contributed by atoms with E-state index in [-0.39, 0.29) is 12.4 Å². The predicted octanol–water partition coefficient (Wildman–Crippen LogP) is 3.09. The lowest BCUT2D eigenvalue weighted by atomic mass is 10.1. The molecule has 0 saturated heterocycles. The van der Waals surface area contributed by atoms with Crippen LogP contribution in [0.1, 0.15) is 0 Å². The molecule has 3 heteroatoms. The second kappa shape index (κ2) is 3.31. The lowest BCUT2D eigenvalue weighted by Crippen LogP contribution is -1.82. The number of halogens is 1. The lowest BCUT2D eigenvalue weighted by molar-refractivity contribution is 1.38. The smallest absolute Gasteiger partial charge is 0.0659 e. The van der Waals surface area contributed by atoms with E-state index in [4.69, 9.17) is 0 Å². The van der Waals surface area contributed by atoms with Gasteiger partial charge in [-0.2, -0.15) is 0 Å². The molecule has 0 bridgehead atoms. The number of para-hydroxylation sites is 1. The molecule has 2 aliphatic heterocycles. The summed E-state index contributed by atoms with van der Waals surface area (Å²) in [5.74, 6) is 0. The molecule has 0 unspecified atom stereocenters. The first-order valence-corrected chi connectivity index (χ1v) is 4.25. The molecule has 2 aliphatic rings. The van der Waals surface area contributed by atoms with Crippen molar-refractivity contribution in [2.45, 2.75) is 0 Å². The van der Waals surface area contributed by atoms with Crippen LogP contribution in [0.5, 0.6) is 0 Å². The summed E-state index contributed by atoms with van der Waals surface area (Å²) in [5.41, 5.74) is 3.42. The van der Waals surface area contributed by atoms with E-state index in [0.29, 0.717) is 0 Å². The summed E-state index contributed by atoms with van der Waals surface area (Å²) in [6.45, 7) is 0. The van der Waals surface area contributed by atoms with E-state index in [1.165, 1.54) is 10.9 Å². The third-order valence-electron chi connectivity index (χ3n) is 2.27. The molecule has 0 radical (unpaired) electrons. The molecular weight excluding hydrogens is 196 g/mol. The summed E-state index contributed by atoms with van der Waals surface area (Å²) in [5, 5.41) is 1.23. The van der Waals surface area contributed by atoms with E-state index < -0.39 is 0 Å². The number of H-pyrrole nitrogens is 1. The number of hydrogen-bond acceptors (Lipinski definition) is 1. The van der Waals surface area contributed by atoms with Crippen LogP contribution in [0.3, 0.4) is 0 Å². The molecule has 0 amide bonds. The van der Waals surface area contributed by atoms with Gasteiger partial charge >= 0.3 is 0 Å². The van der Waals surface area contributed by atoms with E-state index in [0.717, 1.165) is 11.2 Å². The Balaban J connectivity index is 0.000000750. The Hall–Kier alpha value is -1.54. The molecule has 3 rings (SSSR count). The first-order valence-electron chi connectivity index (χ1n) is 4.25. The fourth-order valence-corrected chi connectivity index (χ4v) is 1.60. The van der Waals surface area contributed by atoms with Crippen LogP contribution in [-0.2, 0) is 0 Å².